The standard InChI is InChI=1S/C12H12ClFN2O/c1-8-3-4-9(14)10(5-8)17-7-12-15-6-11(13)16(12)2/h3-6H,7H2,1-2H3. The molecule has 5 heteroatoms. The summed E-state index contributed by atoms with van der Waals surface area (Å²) in [5, 5.41) is 0.522. The summed E-state index contributed by atoms with van der Waals surface area (Å²) >= 11 is 5.84. The fourth-order valence-electron chi connectivity index (χ4n) is 1.42. The maximum absolute atomic E-state index is 13.4. The number of hydrogen-bond acceptors (Lipinski definition) is 2. The molecule has 90 valence electrons. The predicted octanol–water partition coefficient (Wildman–Crippen LogP) is 3.10. The summed E-state index contributed by atoms with van der Waals surface area (Å²) in [6.07, 6.45) is 1.53. The Morgan fingerprint density at radius 2 is 2.24 bits per heavy atom. The molecule has 17 heavy (non-hydrogen) atoms. The van der Waals surface area contributed by atoms with Crippen molar-refractivity contribution in [1.29, 1.82) is 0 Å². The Labute approximate surface area is 104 Å². The molecule has 2 rings (SSSR count). The SMILES string of the molecule is Cc1ccc(F)c(OCc2ncc(Cl)n2C)c1. The second kappa shape index (κ2) is 4.75. The Morgan fingerprint density at radius 1 is 1.47 bits per heavy atom. The van der Waals surface area contributed by atoms with Crippen molar-refractivity contribution >= 4 is 11.6 Å². The van der Waals surface area contributed by atoms with E-state index in [9.17, 15) is 4.39 Å². The summed E-state index contributed by atoms with van der Waals surface area (Å²) in [5.74, 6) is 0.496. The highest BCUT2D eigenvalue weighted by molar-refractivity contribution is 6.29. The van der Waals surface area contributed by atoms with E-state index in [1.165, 1.54) is 12.3 Å². The number of halogens is 2. The largest absolute Gasteiger partial charge is 0.483 e. The maximum atomic E-state index is 13.4. The van der Waals surface area contributed by atoms with E-state index < -0.39 is 0 Å². The number of benzene rings is 1. The minimum Gasteiger partial charge on any atom is -0.483 e. The molecule has 0 bridgehead atoms. The summed E-state index contributed by atoms with van der Waals surface area (Å²) in [4.78, 5) is 4.07. The molecule has 3 nitrogen and oxygen atoms in total. The molecule has 0 spiro atoms. The number of aromatic nitrogens is 2. The summed E-state index contributed by atoms with van der Waals surface area (Å²) in [5.41, 5.74) is 0.944. The highest BCUT2D eigenvalue weighted by atomic mass is 35.5. The number of ether oxygens (including phenoxy) is 1. The van der Waals surface area contributed by atoms with Crippen LogP contribution in [0.1, 0.15) is 11.4 Å². The van der Waals surface area contributed by atoms with Gasteiger partial charge in [0.25, 0.3) is 0 Å². The molecular weight excluding hydrogens is 243 g/mol. The van der Waals surface area contributed by atoms with Gasteiger partial charge in [0.15, 0.2) is 11.6 Å². The van der Waals surface area contributed by atoms with E-state index in [4.69, 9.17) is 16.3 Å². The highest BCUT2D eigenvalue weighted by Gasteiger charge is 2.08. The van der Waals surface area contributed by atoms with Crippen LogP contribution in [0.5, 0.6) is 5.75 Å². The minimum atomic E-state index is -0.379. The summed E-state index contributed by atoms with van der Waals surface area (Å²) in [6, 6.07) is 4.73. The second-order valence-electron chi connectivity index (χ2n) is 3.78. The van der Waals surface area contributed by atoms with Gasteiger partial charge < -0.3 is 9.30 Å². The van der Waals surface area contributed by atoms with Crippen molar-refractivity contribution in [1.82, 2.24) is 9.55 Å². The Hall–Kier alpha value is -1.55. The predicted molar refractivity (Wildman–Crippen MR) is 63.7 cm³/mol. The Balaban J connectivity index is 2.12. The van der Waals surface area contributed by atoms with Gasteiger partial charge in [-0.05, 0) is 24.6 Å². The van der Waals surface area contributed by atoms with Gasteiger partial charge >= 0.3 is 0 Å². The molecule has 1 aromatic heterocycles. The van der Waals surface area contributed by atoms with Crippen LogP contribution in [0.15, 0.2) is 24.4 Å². The number of imidazole rings is 1. The van der Waals surface area contributed by atoms with Crippen LogP contribution in [0.25, 0.3) is 0 Å². The molecule has 1 heterocycles. The lowest BCUT2D eigenvalue weighted by molar-refractivity contribution is 0.277. The van der Waals surface area contributed by atoms with Crippen LogP contribution in [0, 0.1) is 12.7 Å². The van der Waals surface area contributed by atoms with Crippen LogP contribution >= 0.6 is 11.6 Å². The minimum absolute atomic E-state index is 0.184. The van der Waals surface area contributed by atoms with Gasteiger partial charge in [0, 0.05) is 7.05 Å². The van der Waals surface area contributed by atoms with Gasteiger partial charge in [-0.3, -0.25) is 0 Å². The first kappa shape index (κ1) is 11.9. The van der Waals surface area contributed by atoms with Gasteiger partial charge in [-0.15, -0.1) is 0 Å². The van der Waals surface area contributed by atoms with Crippen LogP contribution in [-0.4, -0.2) is 9.55 Å². The fraction of sp³-hybridized carbons (Fsp3) is 0.250. The van der Waals surface area contributed by atoms with Crippen LogP contribution in [0.4, 0.5) is 4.39 Å². The van der Waals surface area contributed by atoms with Crippen LogP contribution in [0.2, 0.25) is 5.15 Å². The lowest BCUT2D eigenvalue weighted by atomic mass is 10.2. The molecule has 0 aliphatic carbocycles. The molecule has 0 fully saturated rings. The molecule has 0 radical (unpaired) electrons. The van der Waals surface area contributed by atoms with Crippen molar-refractivity contribution < 1.29 is 9.13 Å². The van der Waals surface area contributed by atoms with Gasteiger partial charge in [0.05, 0.1) is 6.20 Å². The van der Waals surface area contributed by atoms with Gasteiger partial charge in [-0.2, -0.15) is 0 Å². The van der Waals surface area contributed by atoms with Crippen molar-refractivity contribution in [3.8, 4) is 5.75 Å². The Bertz CT molecular complexity index is 539. The summed E-state index contributed by atoms with van der Waals surface area (Å²) in [6.45, 7) is 2.06. The Kier molecular flexibility index (Phi) is 3.33. The lowest BCUT2D eigenvalue weighted by Gasteiger charge is -2.08. The van der Waals surface area contributed by atoms with Gasteiger partial charge in [-0.1, -0.05) is 17.7 Å². The Morgan fingerprint density at radius 3 is 2.88 bits per heavy atom. The second-order valence-corrected chi connectivity index (χ2v) is 4.17. The van der Waals surface area contributed by atoms with E-state index in [2.05, 4.69) is 4.98 Å². The monoisotopic (exact) mass is 254 g/mol. The molecule has 0 saturated carbocycles. The van der Waals surface area contributed by atoms with E-state index in [0.717, 1.165) is 5.56 Å². The molecule has 0 atom stereocenters. The fourth-order valence-corrected chi connectivity index (χ4v) is 1.57. The topological polar surface area (TPSA) is 27.1 Å². The third kappa shape index (κ3) is 2.58. The number of nitrogens with zero attached hydrogens (tertiary/aromatic N) is 2. The van der Waals surface area contributed by atoms with E-state index >= 15 is 0 Å². The first-order valence-electron chi connectivity index (χ1n) is 5.13. The zero-order valence-electron chi connectivity index (χ0n) is 9.58. The van der Waals surface area contributed by atoms with E-state index in [1.54, 1.807) is 23.7 Å². The molecule has 1 aromatic carbocycles. The molecule has 0 aliphatic rings. The molecule has 0 aliphatic heterocycles. The lowest BCUT2D eigenvalue weighted by Crippen LogP contribution is -2.04. The number of rotatable bonds is 3. The molecule has 2 aromatic rings. The first-order valence-corrected chi connectivity index (χ1v) is 5.51. The third-order valence-electron chi connectivity index (χ3n) is 2.47. The van der Waals surface area contributed by atoms with E-state index in [-0.39, 0.29) is 18.2 Å². The quantitative estimate of drug-likeness (QED) is 0.842. The van der Waals surface area contributed by atoms with Crippen molar-refractivity contribution in [3.05, 3.63) is 46.8 Å². The first-order chi connectivity index (χ1) is 8.08. The zero-order valence-corrected chi connectivity index (χ0v) is 10.3. The summed E-state index contributed by atoms with van der Waals surface area (Å²) in [7, 11) is 1.78. The highest BCUT2D eigenvalue weighted by Crippen LogP contribution is 2.20. The van der Waals surface area contributed by atoms with Gasteiger partial charge in [0.2, 0.25) is 0 Å². The zero-order chi connectivity index (χ0) is 12.4. The molecule has 0 saturated heterocycles. The molecular formula is C12H12ClFN2O. The third-order valence-corrected chi connectivity index (χ3v) is 2.82. The van der Waals surface area contributed by atoms with Crippen molar-refractivity contribution in [2.24, 2.45) is 7.05 Å². The number of hydrogen-bond donors (Lipinski definition) is 0. The van der Waals surface area contributed by atoms with Gasteiger partial charge in [-0.25, -0.2) is 9.37 Å². The normalized spacial score (nSPS) is 10.6. The maximum Gasteiger partial charge on any atom is 0.165 e. The molecule has 0 amide bonds. The van der Waals surface area contributed by atoms with Gasteiger partial charge in [0.1, 0.15) is 17.6 Å². The van der Waals surface area contributed by atoms with E-state index in [0.29, 0.717) is 11.0 Å². The smallest absolute Gasteiger partial charge is 0.165 e. The van der Waals surface area contributed by atoms with Crippen LogP contribution in [-0.2, 0) is 13.7 Å². The van der Waals surface area contributed by atoms with Crippen molar-refractivity contribution in [2.45, 2.75) is 13.5 Å². The van der Waals surface area contributed by atoms with Crippen LogP contribution in [0.3, 0.4) is 0 Å². The average Bonchev–Trinajstić information content (AvgIpc) is 2.62. The number of aryl methyl sites for hydroxylation is 1. The molecule has 0 unspecified atom stereocenters. The van der Waals surface area contributed by atoms with Crippen molar-refractivity contribution in [2.75, 3.05) is 0 Å². The van der Waals surface area contributed by atoms with E-state index in [1.807, 2.05) is 6.92 Å². The molecule has 0 N–H and O–H groups in total. The summed E-state index contributed by atoms with van der Waals surface area (Å²) < 4.78 is 20.5. The van der Waals surface area contributed by atoms with Crippen LogP contribution < -0.4 is 4.74 Å². The average molecular weight is 255 g/mol. The van der Waals surface area contributed by atoms with Crippen molar-refractivity contribution in [3.63, 3.8) is 0 Å².